The molecule has 2 aromatic carbocycles. The van der Waals surface area contributed by atoms with Crippen molar-refractivity contribution in [1.29, 1.82) is 0 Å². The molecule has 1 aliphatic heterocycles. The summed E-state index contributed by atoms with van der Waals surface area (Å²) >= 11 is 1.69. The van der Waals surface area contributed by atoms with Gasteiger partial charge in [-0.3, -0.25) is 4.79 Å². The molecule has 0 aromatic heterocycles. The predicted octanol–water partition coefficient (Wildman–Crippen LogP) is 4.07. The highest BCUT2D eigenvalue weighted by molar-refractivity contribution is 8.01. The number of hydrogen-bond acceptors (Lipinski definition) is 2. The Bertz CT molecular complexity index is 686. The maximum atomic E-state index is 12.3. The molecule has 0 radical (unpaired) electrons. The second kappa shape index (κ2) is 7.22. The summed E-state index contributed by atoms with van der Waals surface area (Å²) in [5, 5.41) is 3.14. The Morgan fingerprint density at radius 2 is 2.04 bits per heavy atom. The van der Waals surface area contributed by atoms with E-state index in [2.05, 4.69) is 49.5 Å². The molecule has 0 bridgehead atoms. The summed E-state index contributed by atoms with van der Waals surface area (Å²) in [5.41, 5.74) is 5.33. The monoisotopic (exact) mass is 325 g/mol. The molecule has 0 saturated carbocycles. The Labute approximate surface area is 142 Å². The van der Waals surface area contributed by atoms with E-state index in [1.54, 1.807) is 11.8 Å². The zero-order valence-corrected chi connectivity index (χ0v) is 14.6. The van der Waals surface area contributed by atoms with Crippen LogP contribution in [0.5, 0.6) is 0 Å². The quantitative estimate of drug-likeness (QED) is 0.840. The van der Waals surface area contributed by atoms with E-state index in [9.17, 15) is 4.79 Å². The maximum absolute atomic E-state index is 12.3. The fraction of sp³-hybridized carbons (Fsp3) is 0.350. The van der Waals surface area contributed by atoms with Crippen LogP contribution in [0.15, 0.2) is 47.4 Å². The summed E-state index contributed by atoms with van der Waals surface area (Å²) in [4.78, 5) is 13.6. The van der Waals surface area contributed by atoms with Crippen molar-refractivity contribution in [2.75, 3.05) is 6.54 Å². The van der Waals surface area contributed by atoms with Crippen molar-refractivity contribution < 1.29 is 4.79 Å². The van der Waals surface area contributed by atoms with Crippen molar-refractivity contribution in [2.45, 2.75) is 43.3 Å². The summed E-state index contributed by atoms with van der Waals surface area (Å²) in [7, 11) is 0. The van der Waals surface area contributed by atoms with Crippen LogP contribution in [0.25, 0.3) is 0 Å². The molecule has 0 saturated heterocycles. The summed E-state index contributed by atoms with van der Waals surface area (Å²) in [6.07, 6.45) is 2.86. The molecule has 1 N–H and O–H groups in total. The Morgan fingerprint density at radius 3 is 2.83 bits per heavy atom. The van der Waals surface area contributed by atoms with Crippen molar-refractivity contribution >= 4 is 17.7 Å². The van der Waals surface area contributed by atoms with Gasteiger partial charge in [-0.1, -0.05) is 42.0 Å². The SMILES string of the molecule is Cc1ccc(CCCNC(=O)[C@@H]2Cc3ccccc3S2)c(C)c1. The molecule has 0 fully saturated rings. The molecule has 1 atom stereocenters. The van der Waals surface area contributed by atoms with Gasteiger partial charge in [-0.15, -0.1) is 11.8 Å². The molecule has 3 heteroatoms. The standard InChI is InChI=1S/C20H23NOS/c1-14-9-10-16(15(2)12-14)7-5-11-21-20(22)19-13-17-6-3-4-8-18(17)23-19/h3-4,6,8-10,12,19H,5,7,11,13H2,1-2H3,(H,21,22)/t19-/m0/s1. The number of amides is 1. The largest absolute Gasteiger partial charge is 0.355 e. The Balaban J connectivity index is 1.44. The number of thioether (sulfide) groups is 1. The maximum Gasteiger partial charge on any atom is 0.233 e. The van der Waals surface area contributed by atoms with Crippen LogP contribution in [0, 0.1) is 13.8 Å². The lowest BCUT2D eigenvalue weighted by Crippen LogP contribution is -2.33. The fourth-order valence-electron chi connectivity index (χ4n) is 3.06. The Kier molecular flexibility index (Phi) is 5.06. The second-order valence-electron chi connectivity index (χ2n) is 6.24. The van der Waals surface area contributed by atoms with E-state index in [0.29, 0.717) is 0 Å². The van der Waals surface area contributed by atoms with Gasteiger partial charge in [0, 0.05) is 11.4 Å². The zero-order chi connectivity index (χ0) is 16.2. The summed E-state index contributed by atoms with van der Waals surface area (Å²) in [6, 6.07) is 14.9. The van der Waals surface area contributed by atoms with Gasteiger partial charge in [-0.25, -0.2) is 0 Å². The number of aryl methyl sites for hydroxylation is 3. The van der Waals surface area contributed by atoms with Crippen LogP contribution < -0.4 is 5.32 Å². The molecule has 2 nitrogen and oxygen atoms in total. The van der Waals surface area contributed by atoms with Gasteiger partial charge in [0.25, 0.3) is 0 Å². The number of hydrogen-bond donors (Lipinski definition) is 1. The van der Waals surface area contributed by atoms with E-state index in [-0.39, 0.29) is 11.2 Å². The predicted molar refractivity (Wildman–Crippen MR) is 97.0 cm³/mol. The van der Waals surface area contributed by atoms with Crippen LogP contribution in [-0.2, 0) is 17.6 Å². The molecule has 0 spiro atoms. The summed E-state index contributed by atoms with van der Waals surface area (Å²) in [6.45, 7) is 5.03. The lowest BCUT2D eigenvalue weighted by atomic mass is 10.0. The molecule has 1 heterocycles. The molecule has 2 aromatic rings. The number of fused-ring (bicyclic) bond motifs is 1. The van der Waals surface area contributed by atoms with E-state index >= 15 is 0 Å². The summed E-state index contributed by atoms with van der Waals surface area (Å²) in [5.74, 6) is 0.173. The number of nitrogens with one attached hydrogen (secondary N) is 1. The zero-order valence-electron chi connectivity index (χ0n) is 13.8. The van der Waals surface area contributed by atoms with Gasteiger partial charge in [0.2, 0.25) is 5.91 Å². The molecule has 120 valence electrons. The number of carbonyl (C=O) groups excluding carboxylic acids is 1. The van der Waals surface area contributed by atoms with Gasteiger partial charge in [-0.2, -0.15) is 0 Å². The van der Waals surface area contributed by atoms with Crippen molar-refractivity contribution in [3.63, 3.8) is 0 Å². The highest BCUT2D eigenvalue weighted by Crippen LogP contribution is 2.36. The third-order valence-electron chi connectivity index (χ3n) is 4.36. The van der Waals surface area contributed by atoms with E-state index in [1.165, 1.54) is 27.1 Å². The van der Waals surface area contributed by atoms with Crippen molar-refractivity contribution in [3.8, 4) is 0 Å². The first-order valence-corrected chi connectivity index (χ1v) is 9.10. The second-order valence-corrected chi connectivity index (χ2v) is 7.49. The molecule has 23 heavy (non-hydrogen) atoms. The van der Waals surface area contributed by atoms with E-state index in [4.69, 9.17) is 0 Å². The Hall–Kier alpha value is -1.74. The van der Waals surface area contributed by atoms with E-state index < -0.39 is 0 Å². The lowest BCUT2D eigenvalue weighted by molar-refractivity contribution is -0.120. The van der Waals surface area contributed by atoms with Crippen LogP contribution in [-0.4, -0.2) is 17.7 Å². The molecule has 0 unspecified atom stereocenters. The molecule has 0 aliphatic carbocycles. The normalized spacial score (nSPS) is 16.2. The molecular formula is C20H23NOS. The number of rotatable bonds is 5. The average Bonchev–Trinajstić information content (AvgIpc) is 2.97. The van der Waals surface area contributed by atoms with E-state index in [0.717, 1.165) is 25.8 Å². The van der Waals surface area contributed by atoms with Crippen molar-refractivity contribution in [3.05, 3.63) is 64.7 Å². The highest BCUT2D eigenvalue weighted by atomic mass is 32.2. The van der Waals surface area contributed by atoms with Crippen LogP contribution in [0.1, 0.15) is 28.7 Å². The number of benzene rings is 2. The van der Waals surface area contributed by atoms with E-state index in [1.807, 2.05) is 12.1 Å². The van der Waals surface area contributed by atoms with Crippen LogP contribution in [0.4, 0.5) is 0 Å². The fourth-order valence-corrected chi connectivity index (χ4v) is 4.28. The van der Waals surface area contributed by atoms with Gasteiger partial charge < -0.3 is 5.32 Å². The van der Waals surface area contributed by atoms with Crippen LogP contribution >= 0.6 is 11.8 Å². The van der Waals surface area contributed by atoms with Crippen molar-refractivity contribution in [1.82, 2.24) is 5.32 Å². The smallest absolute Gasteiger partial charge is 0.233 e. The van der Waals surface area contributed by atoms with Gasteiger partial charge >= 0.3 is 0 Å². The minimum absolute atomic E-state index is 0.0357. The third-order valence-corrected chi connectivity index (χ3v) is 5.68. The topological polar surface area (TPSA) is 29.1 Å². The number of carbonyl (C=O) groups is 1. The summed E-state index contributed by atoms with van der Waals surface area (Å²) < 4.78 is 0. The van der Waals surface area contributed by atoms with Crippen LogP contribution in [0.3, 0.4) is 0 Å². The average molecular weight is 325 g/mol. The van der Waals surface area contributed by atoms with Crippen molar-refractivity contribution in [2.24, 2.45) is 0 Å². The minimum atomic E-state index is 0.0357. The highest BCUT2D eigenvalue weighted by Gasteiger charge is 2.27. The van der Waals surface area contributed by atoms with Gasteiger partial charge in [0.05, 0.1) is 5.25 Å². The van der Waals surface area contributed by atoms with Gasteiger partial charge in [0.15, 0.2) is 0 Å². The molecular weight excluding hydrogens is 302 g/mol. The van der Waals surface area contributed by atoms with Crippen LogP contribution in [0.2, 0.25) is 0 Å². The molecule has 3 rings (SSSR count). The lowest BCUT2D eigenvalue weighted by Gasteiger charge is -2.11. The first-order valence-electron chi connectivity index (χ1n) is 8.22. The molecule has 1 aliphatic rings. The van der Waals surface area contributed by atoms with Gasteiger partial charge in [0.1, 0.15) is 0 Å². The Morgan fingerprint density at radius 1 is 1.22 bits per heavy atom. The first-order chi connectivity index (χ1) is 11.1. The molecule has 1 amide bonds. The third kappa shape index (κ3) is 3.97. The first kappa shape index (κ1) is 16.1. The van der Waals surface area contributed by atoms with Gasteiger partial charge in [-0.05, 0) is 55.9 Å². The minimum Gasteiger partial charge on any atom is -0.355 e.